The summed E-state index contributed by atoms with van der Waals surface area (Å²) in [5.41, 5.74) is -1.54. The quantitative estimate of drug-likeness (QED) is 0.252. The molecule has 11 heteroatoms. The van der Waals surface area contributed by atoms with E-state index in [2.05, 4.69) is 0 Å². The van der Waals surface area contributed by atoms with Gasteiger partial charge in [0, 0.05) is 5.56 Å². The number of ether oxygens (including phenoxy) is 4. The van der Waals surface area contributed by atoms with Crippen molar-refractivity contribution in [1.82, 2.24) is 0 Å². The summed E-state index contributed by atoms with van der Waals surface area (Å²) < 4.78 is 21.8. The molecule has 0 unspecified atom stereocenters. The molecule has 0 amide bonds. The van der Waals surface area contributed by atoms with Crippen LogP contribution in [0.4, 0.5) is 0 Å². The van der Waals surface area contributed by atoms with Gasteiger partial charge >= 0.3 is 0 Å². The fraction of sp³-hybridized carbons (Fsp3) is 0.611. The van der Waals surface area contributed by atoms with E-state index in [4.69, 9.17) is 18.9 Å². The average Bonchev–Trinajstić information content (AvgIpc) is 3.02. The van der Waals surface area contributed by atoms with Crippen molar-refractivity contribution in [2.45, 2.75) is 48.7 Å². The Morgan fingerprint density at radius 3 is 2.34 bits per heavy atom. The molecule has 2 heterocycles. The third-order valence-electron chi connectivity index (χ3n) is 4.96. The number of aliphatic hydroxyl groups excluding tert-OH is 5. The van der Waals surface area contributed by atoms with Gasteiger partial charge in [-0.05, 0) is 24.3 Å². The largest absolute Gasteiger partial charge is 0.462 e. The zero-order chi connectivity index (χ0) is 21.2. The first-order valence-corrected chi connectivity index (χ1v) is 8.95. The smallest absolute Gasteiger partial charge is 0.229 e. The van der Waals surface area contributed by atoms with E-state index < -0.39 is 68.5 Å². The Morgan fingerprint density at radius 1 is 1.10 bits per heavy atom. The fourth-order valence-electron chi connectivity index (χ4n) is 3.12. The number of hydrogen-bond donors (Lipinski definition) is 6. The number of rotatable bonds is 7. The summed E-state index contributed by atoms with van der Waals surface area (Å²) in [6.45, 7) is -1.81. The lowest BCUT2D eigenvalue weighted by Crippen LogP contribution is -2.62. The van der Waals surface area contributed by atoms with Gasteiger partial charge in [-0.2, -0.15) is 0 Å². The van der Waals surface area contributed by atoms with Gasteiger partial charge in [0.1, 0.15) is 42.1 Å². The fourth-order valence-corrected chi connectivity index (χ4v) is 3.12. The number of carbonyl (C=O) groups is 1. The maximum atomic E-state index is 10.8. The molecule has 2 aliphatic heterocycles. The van der Waals surface area contributed by atoms with Gasteiger partial charge in [0.15, 0.2) is 12.4 Å². The first-order valence-electron chi connectivity index (χ1n) is 8.95. The maximum absolute atomic E-state index is 10.8. The SMILES string of the molecule is O=Cc1ccc(O[C@@H]2O[C@H](CO)[C@@H](O)[C@H](O)[C@H]2O[C@@H]2OC[C@@](O)(CO)[C@@H]2O)cc1. The van der Waals surface area contributed by atoms with Gasteiger partial charge in [-0.25, -0.2) is 0 Å². The molecule has 1 aromatic rings. The van der Waals surface area contributed by atoms with Crippen LogP contribution in [-0.4, -0.2) is 105 Å². The molecular formula is C18H24O11. The first-order chi connectivity index (χ1) is 13.8. The van der Waals surface area contributed by atoms with E-state index >= 15 is 0 Å². The molecule has 8 atom stereocenters. The summed E-state index contributed by atoms with van der Waals surface area (Å²) in [7, 11) is 0. The van der Waals surface area contributed by atoms with E-state index in [0.29, 0.717) is 11.8 Å². The molecular weight excluding hydrogens is 392 g/mol. The second-order valence-corrected chi connectivity index (χ2v) is 7.00. The average molecular weight is 416 g/mol. The monoisotopic (exact) mass is 416 g/mol. The van der Waals surface area contributed by atoms with E-state index in [1.54, 1.807) is 0 Å². The lowest BCUT2D eigenvalue weighted by molar-refractivity contribution is -0.318. The minimum atomic E-state index is -1.95. The van der Waals surface area contributed by atoms with Gasteiger partial charge in [0.25, 0.3) is 0 Å². The minimum absolute atomic E-state index is 0.245. The van der Waals surface area contributed by atoms with Crippen LogP contribution in [0.5, 0.6) is 5.75 Å². The van der Waals surface area contributed by atoms with Crippen molar-refractivity contribution in [3.05, 3.63) is 29.8 Å². The van der Waals surface area contributed by atoms with Crippen molar-refractivity contribution in [3.63, 3.8) is 0 Å². The molecule has 0 aliphatic carbocycles. The predicted molar refractivity (Wildman–Crippen MR) is 92.9 cm³/mol. The van der Waals surface area contributed by atoms with Crippen molar-refractivity contribution in [1.29, 1.82) is 0 Å². The molecule has 2 aliphatic rings. The van der Waals surface area contributed by atoms with Crippen LogP contribution >= 0.6 is 0 Å². The zero-order valence-electron chi connectivity index (χ0n) is 15.3. The standard InChI is InChI=1S/C18H24O11/c19-5-9-1-3-10(4-2-9)27-16-14(13(23)12(22)11(6-20)28-16)29-17-15(24)18(25,7-21)8-26-17/h1-5,11-17,20-25H,6-8H2/t11-,12-,13+,14-,15-,16-,17+,18+/m1/s1. The van der Waals surface area contributed by atoms with Gasteiger partial charge in [0.05, 0.1) is 19.8 Å². The molecule has 3 rings (SSSR count). The van der Waals surface area contributed by atoms with E-state index in [-0.39, 0.29) is 5.75 Å². The van der Waals surface area contributed by atoms with Gasteiger partial charge in [-0.1, -0.05) is 0 Å². The van der Waals surface area contributed by atoms with Gasteiger partial charge in [-0.15, -0.1) is 0 Å². The lowest BCUT2D eigenvalue weighted by Gasteiger charge is -2.42. The van der Waals surface area contributed by atoms with E-state index in [1.807, 2.05) is 0 Å². The maximum Gasteiger partial charge on any atom is 0.229 e. The normalized spacial score (nSPS) is 40.0. The van der Waals surface area contributed by atoms with E-state index in [1.165, 1.54) is 24.3 Å². The van der Waals surface area contributed by atoms with Crippen molar-refractivity contribution in [3.8, 4) is 5.75 Å². The highest BCUT2D eigenvalue weighted by Gasteiger charge is 2.53. The molecule has 0 aromatic heterocycles. The highest BCUT2D eigenvalue weighted by molar-refractivity contribution is 5.74. The van der Waals surface area contributed by atoms with Crippen LogP contribution < -0.4 is 4.74 Å². The molecule has 6 N–H and O–H groups in total. The van der Waals surface area contributed by atoms with Crippen LogP contribution in [0.1, 0.15) is 10.4 Å². The van der Waals surface area contributed by atoms with Crippen LogP contribution in [0, 0.1) is 0 Å². The Balaban J connectivity index is 1.79. The molecule has 2 fully saturated rings. The molecule has 1 aromatic carbocycles. The third kappa shape index (κ3) is 4.43. The number of aldehydes is 1. The van der Waals surface area contributed by atoms with Crippen LogP contribution in [-0.2, 0) is 14.2 Å². The Hall–Kier alpha value is -1.67. The van der Waals surface area contributed by atoms with Crippen LogP contribution in [0.15, 0.2) is 24.3 Å². The molecule has 2 saturated heterocycles. The summed E-state index contributed by atoms with van der Waals surface area (Å²) in [6, 6.07) is 5.92. The Kier molecular flexibility index (Phi) is 6.83. The van der Waals surface area contributed by atoms with E-state index in [9.17, 15) is 35.4 Å². The predicted octanol–water partition coefficient (Wildman–Crippen LogP) is -2.86. The number of carbonyl (C=O) groups excluding carboxylic acids is 1. The molecule has 0 radical (unpaired) electrons. The van der Waals surface area contributed by atoms with Crippen LogP contribution in [0.3, 0.4) is 0 Å². The molecule has 162 valence electrons. The number of hydrogen-bond acceptors (Lipinski definition) is 11. The highest BCUT2D eigenvalue weighted by atomic mass is 16.8. The summed E-state index contributed by atoms with van der Waals surface area (Å²) in [5, 5.41) is 59.5. The first kappa shape index (κ1) is 22.0. The van der Waals surface area contributed by atoms with Crippen molar-refractivity contribution in [2.24, 2.45) is 0 Å². The second-order valence-electron chi connectivity index (χ2n) is 7.00. The van der Waals surface area contributed by atoms with Gasteiger partial charge in [-0.3, -0.25) is 4.79 Å². The van der Waals surface area contributed by atoms with Crippen molar-refractivity contribution >= 4 is 6.29 Å². The van der Waals surface area contributed by atoms with Crippen LogP contribution in [0.25, 0.3) is 0 Å². The van der Waals surface area contributed by atoms with Crippen LogP contribution in [0.2, 0.25) is 0 Å². The second kappa shape index (κ2) is 9.00. The summed E-state index contributed by atoms with van der Waals surface area (Å²) in [6.07, 6.45) is -9.47. The van der Waals surface area contributed by atoms with Gasteiger partial charge in [0.2, 0.25) is 6.29 Å². The lowest BCUT2D eigenvalue weighted by atomic mass is 9.98. The molecule has 11 nitrogen and oxygen atoms in total. The number of aliphatic hydroxyl groups is 6. The topological polar surface area (TPSA) is 175 Å². The summed E-state index contributed by atoms with van der Waals surface area (Å²) in [5.74, 6) is 0.245. The zero-order valence-corrected chi connectivity index (χ0v) is 15.3. The van der Waals surface area contributed by atoms with Crippen molar-refractivity contribution < 1.29 is 54.4 Å². The van der Waals surface area contributed by atoms with Gasteiger partial charge < -0.3 is 49.6 Å². The van der Waals surface area contributed by atoms with E-state index in [0.717, 1.165) is 0 Å². The summed E-state index contributed by atoms with van der Waals surface area (Å²) in [4.78, 5) is 10.8. The molecule has 0 bridgehead atoms. The Labute approximate surface area is 165 Å². The third-order valence-corrected chi connectivity index (χ3v) is 4.96. The molecule has 0 spiro atoms. The highest BCUT2D eigenvalue weighted by Crippen LogP contribution is 2.31. The number of benzene rings is 1. The van der Waals surface area contributed by atoms with Crippen molar-refractivity contribution in [2.75, 3.05) is 19.8 Å². The Morgan fingerprint density at radius 2 is 1.79 bits per heavy atom. The summed E-state index contributed by atoms with van der Waals surface area (Å²) >= 11 is 0. The molecule has 0 saturated carbocycles. The molecule has 29 heavy (non-hydrogen) atoms. The minimum Gasteiger partial charge on any atom is -0.462 e. The Bertz CT molecular complexity index is 683.